The molecule has 0 aliphatic heterocycles. The van der Waals surface area contributed by atoms with E-state index in [9.17, 15) is 9.18 Å². The molecule has 0 aliphatic carbocycles. The zero-order chi connectivity index (χ0) is 13.7. The Balaban J connectivity index is 2.07. The Morgan fingerprint density at radius 3 is 2.53 bits per heavy atom. The summed E-state index contributed by atoms with van der Waals surface area (Å²) in [5.74, 6) is -1.17. The predicted octanol–water partition coefficient (Wildman–Crippen LogP) is 3.03. The predicted molar refractivity (Wildman–Crippen MR) is 68.5 cm³/mol. The van der Waals surface area contributed by atoms with Gasteiger partial charge in [0.25, 0.3) is 0 Å². The third-order valence-electron chi connectivity index (χ3n) is 2.53. The van der Waals surface area contributed by atoms with Gasteiger partial charge in [-0.05, 0) is 23.3 Å². The van der Waals surface area contributed by atoms with Gasteiger partial charge < -0.3 is 9.84 Å². The number of benzene rings is 2. The second-order valence-corrected chi connectivity index (χ2v) is 4.14. The maximum Gasteiger partial charge on any atom is 0.307 e. The zero-order valence-corrected chi connectivity index (χ0v) is 10.2. The smallest absolute Gasteiger partial charge is 0.307 e. The van der Waals surface area contributed by atoms with Crippen molar-refractivity contribution in [3.8, 4) is 5.75 Å². The van der Waals surface area contributed by atoms with Crippen molar-refractivity contribution in [1.82, 2.24) is 0 Å². The van der Waals surface area contributed by atoms with Gasteiger partial charge >= 0.3 is 5.97 Å². The van der Waals surface area contributed by atoms with Gasteiger partial charge in [-0.15, -0.1) is 0 Å². The third kappa shape index (κ3) is 4.10. The van der Waals surface area contributed by atoms with Crippen molar-refractivity contribution >= 4 is 5.97 Å². The van der Waals surface area contributed by atoms with Gasteiger partial charge in [-0.2, -0.15) is 0 Å². The Hall–Kier alpha value is -2.36. The van der Waals surface area contributed by atoms with Gasteiger partial charge in [0.05, 0.1) is 6.42 Å². The SMILES string of the molecule is O=C(O)Cc1cc(F)cc(OCc2ccccc2)c1. The van der Waals surface area contributed by atoms with Gasteiger partial charge in [-0.1, -0.05) is 30.3 Å². The monoisotopic (exact) mass is 260 g/mol. The average molecular weight is 260 g/mol. The number of carbonyl (C=O) groups is 1. The molecule has 0 fully saturated rings. The Kier molecular flexibility index (Phi) is 4.13. The Labute approximate surface area is 110 Å². The van der Waals surface area contributed by atoms with Crippen molar-refractivity contribution in [3.05, 3.63) is 65.5 Å². The van der Waals surface area contributed by atoms with E-state index in [1.165, 1.54) is 12.1 Å². The van der Waals surface area contributed by atoms with Crippen LogP contribution in [0.1, 0.15) is 11.1 Å². The molecule has 1 N–H and O–H groups in total. The quantitative estimate of drug-likeness (QED) is 0.898. The van der Waals surface area contributed by atoms with E-state index in [4.69, 9.17) is 9.84 Å². The van der Waals surface area contributed by atoms with Gasteiger partial charge in [0.15, 0.2) is 0 Å². The molecule has 0 radical (unpaired) electrons. The summed E-state index contributed by atoms with van der Waals surface area (Å²) in [6.45, 7) is 0.316. The van der Waals surface area contributed by atoms with E-state index in [2.05, 4.69) is 0 Å². The van der Waals surface area contributed by atoms with E-state index in [-0.39, 0.29) is 6.42 Å². The first-order valence-corrected chi connectivity index (χ1v) is 5.81. The molecule has 4 heteroatoms. The lowest BCUT2D eigenvalue weighted by Crippen LogP contribution is -2.02. The van der Waals surface area contributed by atoms with Crippen LogP contribution in [0, 0.1) is 5.82 Å². The van der Waals surface area contributed by atoms with Crippen LogP contribution in [0.3, 0.4) is 0 Å². The number of carboxylic acids is 1. The fourth-order valence-corrected chi connectivity index (χ4v) is 1.72. The van der Waals surface area contributed by atoms with Crippen molar-refractivity contribution in [3.63, 3.8) is 0 Å². The van der Waals surface area contributed by atoms with Crippen LogP contribution in [-0.2, 0) is 17.8 Å². The van der Waals surface area contributed by atoms with Crippen LogP contribution in [0.25, 0.3) is 0 Å². The number of ether oxygens (including phenoxy) is 1. The number of hydrogen-bond acceptors (Lipinski definition) is 2. The number of carboxylic acid groups (broad SMARTS) is 1. The van der Waals surface area contributed by atoms with Crippen molar-refractivity contribution < 1.29 is 19.0 Å². The molecular formula is C15H13FO3. The van der Waals surface area contributed by atoms with E-state index in [0.717, 1.165) is 5.56 Å². The van der Waals surface area contributed by atoms with E-state index in [1.54, 1.807) is 6.07 Å². The summed E-state index contributed by atoms with van der Waals surface area (Å²) in [5.41, 5.74) is 1.35. The van der Waals surface area contributed by atoms with E-state index < -0.39 is 11.8 Å². The summed E-state index contributed by atoms with van der Waals surface area (Å²) in [6, 6.07) is 13.5. The molecule has 2 aromatic carbocycles. The molecule has 98 valence electrons. The number of aliphatic carboxylic acids is 1. The summed E-state index contributed by atoms with van der Waals surface area (Å²) in [4.78, 5) is 10.6. The lowest BCUT2D eigenvalue weighted by atomic mass is 10.1. The molecule has 0 saturated heterocycles. The van der Waals surface area contributed by atoms with E-state index in [1.807, 2.05) is 30.3 Å². The molecule has 0 heterocycles. The third-order valence-corrected chi connectivity index (χ3v) is 2.53. The molecule has 0 atom stereocenters. The molecule has 3 nitrogen and oxygen atoms in total. The zero-order valence-electron chi connectivity index (χ0n) is 10.2. The molecule has 0 bridgehead atoms. The van der Waals surface area contributed by atoms with Crippen LogP contribution < -0.4 is 4.74 Å². The highest BCUT2D eigenvalue weighted by Gasteiger charge is 2.06. The Morgan fingerprint density at radius 1 is 1.11 bits per heavy atom. The first-order chi connectivity index (χ1) is 9.13. The van der Waals surface area contributed by atoms with Crippen LogP contribution >= 0.6 is 0 Å². The first-order valence-electron chi connectivity index (χ1n) is 5.81. The van der Waals surface area contributed by atoms with Crippen molar-refractivity contribution in [2.75, 3.05) is 0 Å². The van der Waals surface area contributed by atoms with Gasteiger partial charge in [-0.3, -0.25) is 4.79 Å². The maximum absolute atomic E-state index is 13.3. The van der Waals surface area contributed by atoms with Crippen molar-refractivity contribution in [2.45, 2.75) is 13.0 Å². The van der Waals surface area contributed by atoms with E-state index >= 15 is 0 Å². The van der Waals surface area contributed by atoms with Crippen LogP contribution in [0.2, 0.25) is 0 Å². The molecule has 2 aromatic rings. The highest BCUT2D eigenvalue weighted by Crippen LogP contribution is 2.18. The second-order valence-electron chi connectivity index (χ2n) is 4.14. The number of hydrogen-bond donors (Lipinski definition) is 1. The molecule has 19 heavy (non-hydrogen) atoms. The molecule has 0 spiro atoms. The minimum absolute atomic E-state index is 0.223. The average Bonchev–Trinajstić information content (AvgIpc) is 2.36. The normalized spacial score (nSPS) is 10.2. The topological polar surface area (TPSA) is 46.5 Å². The minimum atomic E-state index is -1.00. The van der Waals surface area contributed by atoms with Crippen LogP contribution in [0.15, 0.2) is 48.5 Å². The largest absolute Gasteiger partial charge is 0.489 e. The van der Waals surface area contributed by atoms with E-state index in [0.29, 0.717) is 17.9 Å². The Bertz CT molecular complexity index is 567. The van der Waals surface area contributed by atoms with Gasteiger partial charge in [-0.25, -0.2) is 4.39 Å². The lowest BCUT2D eigenvalue weighted by molar-refractivity contribution is -0.136. The summed E-state index contributed by atoms with van der Waals surface area (Å²) in [7, 11) is 0. The summed E-state index contributed by atoms with van der Waals surface area (Å²) in [5, 5.41) is 8.69. The highest BCUT2D eigenvalue weighted by atomic mass is 19.1. The van der Waals surface area contributed by atoms with Gasteiger partial charge in [0.2, 0.25) is 0 Å². The van der Waals surface area contributed by atoms with Crippen molar-refractivity contribution in [2.24, 2.45) is 0 Å². The minimum Gasteiger partial charge on any atom is -0.489 e. The maximum atomic E-state index is 13.3. The van der Waals surface area contributed by atoms with Crippen LogP contribution in [0.5, 0.6) is 5.75 Å². The van der Waals surface area contributed by atoms with Gasteiger partial charge in [0, 0.05) is 6.07 Å². The first kappa shape index (κ1) is 13.1. The summed E-state index contributed by atoms with van der Waals surface area (Å²) < 4.78 is 18.8. The lowest BCUT2D eigenvalue weighted by Gasteiger charge is -2.08. The van der Waals surface area contributed by atoms with Crippen molar-refractivity contribution in [1.29, 1.82) is 0 Å². The molecule has 0 aliphatic rings. The highest BCUT2D eigenvalue weighted by molar-refractivity contribution is 5.70. The standard InChI is InChI=1S/C15H13FO3/c16-13-6-12(8-15(17)18)7-14(9-13)19-10-11-4-2-1-3-5-11/h1-7,9H,8,10H2,(H,17,18). The fourth-order valence-electron chi connectivity index (χ4n) is 1.72. The molecular weight excluding hydrogens is 247 g/mol. The number of halogens is 1. The van der Waals surface area contributed by atoms with Gasteiger partial charge in [0.1, 0.15) is 18.2 Å². The summed E-state index contributed by atoms with van der Waals surface area (Å²) in [6.07, 6.45) is -0.223. The second kappa shape index (κ2) is 6.00. The molecule has 0 saturated carbocycles. The van der Waals surface area contributed by atoms with Crippen LogP contribution in [-0.4, -0.2) is 11.1 Å². The Morgan fingerprint density at radius 2 is 1.84 bits per heavy atom. The van der Waals surface area contributed by atoms with Crippen LogP contribution in [0.4, 0.5) is 4.39 Å². The molecule has 2 rings (SSSR count). The molecule has 0 aromatic heterocycles. The number of rotatable bonds is 5. The molecule has 0 unspecified atom stereocenters. The summed E-state index contributed by atoms with van der Waals surface area (Å²) >= 11 is 0. The molecule has 0 amide bonds. The fraction of sp³-hybridized carbons (Fsp3) is 0.133.